The first-order chi connectivity index (χ1) is 6.07. The van der Waals surface area contributed by atoms with Gasteiger partial charge in [0.05, 0.1) is 9.95 Å². The zero-order valence-corrected chi connectivity index (χ0v) is 6.88. The van der Waals surface area contributed by atoms with Gasteiger partial charge in [0, 0.05) is 0 Å². The summed E-state index contributed by atoms with van der Waals surface area (Å²) in [6.07, 6.45) is 0. The summed E-state index contributed by atoms with van der Waals surface area (Å²) >= 11 is 5.30. The van der Waals surface area contributed by atoms with Crippen LogP contribution < -0.4 is 0 Å². The van der Waals surface area contributed by atoms with E-state index in [1.165, 1.54) is 6.07 Å². The Hall–Kier alpha value is -1.67. The number of nitriles is 1. The first-order valence-electron chi connectivity index (χ1n) is 3.10. The van der Waals surface area contributed by atoms with E-state index in [2.05, 4.69) is 0 Å². The molecule has 0 aromatic heterocycles. The fourth-order valence-electron chi connectivity index (χ4n) is 0.809. The van der Waals surface area contributed by atoms with Gasteiger partial charge in [-0.15, -0.1) is 0 Å². The highest BCUT2D eigenvalue weighted by atomic mass is 35.5. The van der Waals surface area contributed by atoms with Crippen molar-refractivity contribution < 1.29 is 9.31 Å². The molecule has 0 unspecified atom stereocenters. The van der Waals surface area contributed by atoms with Gasteiger partial charge in [0.2, 0.25) is 5.82 Å². The molecule has 0 aliphatic rings. The van der Waals surface area contributed by atoms with Gasteiger partial charge in [-0.2, -0.15) is 9.65 Å². The fraction of sp³-hybridized carbons (Fsp3) is 0. The number of benzene rings is 1. The lowest BCUT2D eigenvalue weighted by molar-refractivity contribution is -0.387. The molecule has 1 rings (SSSR count). The van der Waals surface area contributed by atoms with Crippen LogP contribution in [0.4, 0.5) is 10.1 Å². The van der Waals surface area contributed by atoms with Crippen LogP contribution >= 0.6 is 11.6 Å². The van der Waals surface area contributed by atoms with E-state index in [-0.39, 0.29) is 10.6 Å². The van der Waals surface area contributed by atoms with Crippen LogP contribution in [0.15, 0.2) is 12.1 Å². The number of rotatable bonds is 1. The molecule has 0 aliphatic heterocycles. The van der Waals surface area contributed by atoms with Crippen LogP contribution in [0.5, 0.6) is 0 Å². The Morgan fingerprint density at radius 2 is 2.23 bits per heavy atom. The van der Waals surface area contributed by atoms with Gasteiger partial charge in [-0.05, 0) is 12.1 Å². The molecular weight excluding hydrogens is 199 g/mol. The monoisotopic (exact) mass is 200 g/mol. The van der Waals surface area contributed by atoms with Gasteiger partial charge < -0.3 is 0 Å². The number of nitrogens with zero attached hydrogens (tertiary/aromatic N) is 2. The lowest BCUT2D eigenvalue weighted by Crippen LogP contribution is -1.96. The van der Waals surface area contributed by atoms with Crippen molar-refractivity contribution in [2.24, 2.45) is 0 Å². The average Bonchev–Trinajstić information content (AvgIpc) is 2.08. The standard InChI is InChI=1S/C7H2ClFN2O2/c8-5-2-1-4(3-10)7(6(5)9)11(12)13/h1-2H. The quantitative estimate of drug-likeness (QED) is 0.516. The molecule has 0 fully saturated rings. The van der Waals surface area contributed by atoms with Crippen molar-refractivity contribution in [2.45, 2.75) is 0 Å². The van der Waals surface area contributed by atoms with Crippen molar-refractivity contribution in [3.8, 4) is 6.07 Å². The molecule has 0 saturated carbocycles. The van der Waals surface area contributed by atoms with Crippen molar-refractivity contribution in [3.05, 3.63) is 38.7 Å². The molecule has 0 saturated heterocycles. The van der Waals surface area contributed by atoms with Crippen LogP contribution in [0.1, 0.15) is 5.56 Å². The summed E-state index contributed by atoms with van der Waals surface area (Å²) in [6.45, 7) is 0. The molecule has 66 valence electrons. The summed E-state index contributed by atoms with van der Waals surface area (Å²) in [5.74, 6) is -1.18. The third kappa shape index (κ3) is 1.58. The third-order valence-electron chi connectivity index (χ3n) is 1.37. The van der Waals surface area contributed by atoms with Crippen molar-refractivity contribution >= 4 is 17.3 Å². The summed E-state index contributed by atoms with van der Waals surface area (Å²) in [7, 11) is 0. The minimum absolute atomic E-state index is 0.341. The fourth-order valence-corrected chi connectivity index (χ4v) is 0.961. The SMILES string of the molecule is N#Cc1ccc(Cl)c(F)c1[N+](=O)[O-]. The molecule has 0 N–H and O–H groups in total. The molecule has 0 heterocycles. The second-order valence-corrected chi connectivity index (χ2v) is 2.53. The van der Waals surface area contributed by atoms with Gasteiger partial charge in [-0.3, -0.25) is 10.1 Å². The Balaban J connectivity index is 3.53. The average molecular weight is 201 g/mol. The maximum absolute atomic E-state index is 13.0. The second kappa shape index (κ2) is 3.37. The largest absolute Gasteiger partial charge is 0.323 e. The Kier molecular flexibility index (Phi) is 2.44. The molecule has 0 bridgehead atoms. The summed E-state index contributed by atoms with van der Waals surface area (Å²) in [4.78, 5) is 9.34. The first kappa shape index (κ1) is 9.42. The molecule has 0 radical (unpaired) electrons. The number of hydrogen-bond acceptors (Lipinski definition) is 3. The van der Waals surface area contributed by atoms with Gasteiger partial charge in [0.15, 0.2) is 0 Å². The third-order valence-corrected chi connectivity index (χ3v) is 1.66. The lowest BCUT2D eigenvalue weighted by atomic mass is 10.2. The Bertz CT molecular complexity index is 414. The summed E-state index contributed by atoms with van der Waals surface area (Å²) in [5, 5.41) is 18.4. The number of hydrogen-bond donors (Lipinski definition) is 0. The molecule has 1 aromatic rings. The minimum Gasteiger partial charge on any atom is -0.258 e. The maximum Gasteiger partial charge on any atom is 0.323 e. The van der Waals surface area contributed by atoms with Gasteiger partial charge in [-0.1, -0.05) is 11.6 Å². The smallest absolute Gasteiger partial charge is 0.258 e. The topological polar surface area (TPSA) is 66.9 Å². The molecule has 4 nitrogen and oxygen atoms in total. The van der Waals surface area contributed by atoms with Crippen LogP contribution in [0, 0.1) is 27.3 Å². The normalized spacial score (nSPS) is 9.31. The molecule has 13 heavy (non-hydrogen) atoms. The van der Waals surface area contributed by atoms with E-state index in [1.807, 2.05) is 0 Å². The van der Waals surface area contributed by atoms with E-state index >= 15 is 0 Å². The number of nitro groups is 1. The molecule has 0 amide bonds. The molecule has 6 heteroatoms. The first-order valence-corrected chi connectivity index (χ1v) is 3.48. The predicted molar refractivity (Wildman–Crippen MR) is 42.8 cm³/mol. The van der Waals surface area contributed by atoms with E-state index in [4.69, 9.17) is 16.9 Å². The molecule has 0 spiro atoms. The Morgan fingerprint density at radius 1 is 1.62 bits per heavy atom. The highest BCUT2D eigenvalue weighted by Gasteiger charge is 2.22. The van der Waals surface area contributed by atoms with E-state index in [9.17, 15) is 14.5 Å². The molecular formula is C7H2ClFN2O2. The highest BCUT2D eigenvalue weighted by molar-refractivity contribution is 6.31. The lowest BCUT2D eigenvalue weighted by Gasteiger charge is -1.97. The van der Waals surface area contributed by atoms with Gasteiger partial charge in [0.1, 0.15) is 11.6 Å². The number of halogens is 2. The summed E-state index contributed by atoms with van der Waals surface area (Å²) in [6, 6.07) is 3.71. The predicted octanol–water partition coefficient (Wildman–Crippen LogP) is 2.26. The van der Waals surface area contributed by atoms with Crippen LogP contribution in [0.3, 0.4) is 0 Å². The van der Waals surface area contributed by atoms with E-state index in [0.29, 0.717) is 0 Å². The molecule has 1 aromatic carbocycles. The Morgan fingerprint density at radius 3 is 2.69 bits per heavy atom. The Labute approximate surface area is 77.3 Å². The summed E-state index contributed by atoms with van der Waals surface area (Å²) < 4.78 is 13.0. The van der Waals surface area contributed by atoms with Crippen LogP contribution in [-0.4, -0.2) is 4.92 Å². The van der Waals surface area contributed by atoms with Crippen molar-refractivity contribution in [2.75, 3.05) is 0 Å². The van der Waals surface area contributed by atoms with Crippen molar-refractivity contribution in [1.29, 1.82) is 5.26 Å². The molecule has 0 aliphatic carbocycles. The molecule has 0 atom stereocenters. The zero-order chi connectivity index (χ0) is 10.0. The van der Waals surface area contributed by atoms with Crippen molar-refractivity contribution in [1.82, 2.24) is 0 Å². The minimum atomic E-state index is -1.18. The summed E-state index contributed by atoms with van der Waals surface area (Å²) in [5.41, 5.74) is -1.22. The van der Waals surface area contributed by atoms with Crippen LogP contribution in [0.2, 0.25) is 5.02 Å². The van der Waals surface area contributed by atoms with E-state index in [1.54, 1.807) is 0 Å². The zero-order valence-electron chi connectivity index (χ0n) is 6.12. The van der Waals surface area contributed by atoms with E-state index < -0.39 is 16.4 Å². The van der Waals surface area contributed by atoms with Crippen LogP contribution in [0.25, 0.3) is 0 Å². The highest BCUT2D eigenvalue weighted by Crippen LogP contribution is 2.27. The maximum atomic E-state index is 13.0. The van der Waals surface area contributed by atoms with Gasteiger partial charge in [0.25, 0.3) is 0 Å². The number of nitro benzene ring substituents is 1. The van der Waals surface area contributed by atoms with Gasteiger partial charge in [-0.25, -0.2) is 0 Å². The second-order valence-electron chi connectivity index (χ2n) is 2.13. The van der Waals surface area contributed by atoms with E-state index in [0.717, 1.165) is 12.1 Å². The van der Waals surface area contributed by atoms with Crippen LogP contribution in [-0.2, 0) is 0 Å². The van der Waals surface area contributed by atoms with Crippen molar-refractivity contribution in [3.63, 3.8) is 0 Å². The van der Waals surface area contributed by atoms with Gasteiger partial charge >= 0.3 is 5.69 Å².